The molecule has 0 spiro atoms. The van der Waals surface area contributed by atoms with Crippen molar-refractivity contribution in [3.8, 4) is 0 Å². The average molecular weight is 1450 g/mol. The van der Waals surface area contributed by atoms with Crippen LogP contribution in [-0.2, 0) is 80.8 Å². The third-order valence-electron chi connectivity index (χ3n) is 17.3. The summed E-state index contributed by atoms with van der Waals surface area (Å²) in [7, 11) is 0. The van der Waals surface area contributed by atoms with Crippen LogP contribution in [0.1, 0.15) is 33.6 Å². The van der Waals surface area contributed by atoms with Gasteiger partial charge >= 0.3 is 11.9 Å². The highest BCUT2D eigenvalue weighted by molar-refractivity contribution is 5.77. The van der Waals surface area contributed by atoms with E-state index in [-0.39, 0.29) is 0 Å². The van der Waals surface area contributed by atoms with Crippen molar-refractivity contribution in [3.63, 3.8) is 0 Å². The molecule has 6 heterocycles. The SMILES string of the molecule is CC(=O)N[C@H]1[C@H](O[C@@H]2[C@H](O[C@]3(C(=O)O)C[C@H](O)[C@@H](O)[C@H]([C@H](O)[C@H](O)CO)O3)[C@@H](NC(C)=O)[C@H](O[C@H]3[C@@H](O)[C@@H](CO)O[C@@H](O[C@@H]4[C@H](O)[C@@H](O)[C@H](O[C@@H]([C@@H](O)[C@H](O)CO[C@]5(C(=O)O)C[C@H](O)[C@@H](O)[C@H]([C@H](O)[C@H](O)CO)O5)[C@H](CO)NC(C)=O)O[C@@H]4CO)[C@@H]3O)O[C@@H]2CO)O[C@H](CO)[C@@H](O)[C@@H]1O. The van der Waals surface area contributed by atoms with Crippen LogP contribution in [0.15, 0.2) is 0 Å². The molecule has 45 nitrogen and oxygen atoms in total. The maximum atomic E-state index is 13.6. The number of carboxylic acid groups (broad SMARTS) is 2. The quantitative estimate of drug-likeness (QED) is 0.0297. The Balaban J connectivity index is 1.32. The summed E-state index contributed by atoms with van der Waals surface area (Å²) in [5, 5.41) is 277. The molecule has 6 fully saturated rings. The standard InChI is InChI=1S/C54H91N3O42/c1-14(65)55-17(6-58)40(33(77)22(72)13-88-53(51(84)85)4-18(68)29(73)45(98-53)31(75)20(70)7-59)93-49-38(82)37(81)41(25(11-63)92-49)94-50-39(83)44(35(79)24(10-62)90-50)96-48-28(57-16(3)67)43(97-54(52(86)87)5-19(69)30(74)46(99-54)32(76)21(71)8-60)42(26(12-64)91-48)95-47-27(56-15(2)66)36(80)34(78)23(9-61)89-47/h17-50,58-64,68-83H,4-13H2,1-3H3,(H,55,65)(H,56,66)(H,57,67)(H,84,85)(H,86,87)/t17-,18-,19-,20+,21+,22+,23+,24+,25+,26+,27+,28+,29+,30+,31+,32+,33-,34+,35-,36+,37+,38+,39+,40+,41-,42-,43+,44-,45+,46+,47-,48-,49-,50-,53+,54+/m0/s1. The number of hydrogen-bond donors (Lipinski definition) is 28. The zero-order valence-electron chi connectivity index (χ0n) is 52.8. The van der Waals surface area contributed by atoms with Crippen LogP contribution in [0.4, 0.5) is 0 Å². The van der Waals surface area contributed by atoms with Crippen molar-refractivity contribution in [2.24, 2.45) is 0 Å². The van der Waals surface area contributed by atoms with Gasteiger partial charge in [-0.3, -0.25) is 14.4 Å². The first-order chi connectivity index (χ1) is 46.4. The lowest BCUT2D eigenvalue weighted by Gasteiger charge is -2.53. The van der Waals surface area contributed by atoms with Gasteiger partial charge in [-0.15, -0.1) is 0 Å². The van der Waals surface area contributed by atoms with Crippen molar-refractivity contribution >= 4 is 29.7 Å². The third-order valence-corrected chi connectivity index (χ3v) is 17.3. The van der Waals surface area contributed by atoms with Crippen LogP contribution in [0.3, 0.4) is 0 Å². The highest BCUT2D eigenvalue weighted by atomic mass is 16.8. The first-order valence-corrected chi connectivity index (χ1v) is 30.8. The molecule has 6 rings (SSSR count). The van der Waals surface area contributed by atoms with Crippen molar-refractivity contribution in [2.45, 2.75) is 253 Å². The highest BCUT2D eigenvalue weighted by Gasteiger charge is 2.63. The number of rotatable bonds is 32. The number of carbonyl (C=O) groups excluding carboxylic acids is 3. The van der Waals surface area contributed by atoms with E-state index in [1.54, 1.807) is 0 Å². The Hall–Kier alpha value is -4.05. The van der Waals surface area contributed by atoms with E-state index < -0.39 is 315 Å². The summed E-state index contributed by atoms with van der Waals surface area (Å²) < 4.78 is 69.5. The minimum atomic E-state index is -3.44. The van der Waals surface area contributed by atoms with Crippen LogP contribution in [0.25, 0.3) is 0 Å². The molecule has 6 aliphatic rings. The average Bonchev–Trinajstić information content (AvgIpc) is 0.753. The number of aliphatic hydroxyl groups is 23. The van der Waals surface area contributed by atoms with Crippen molar-refractivity contribution in [3.05, 3.63) is 0 Å². The van der Waals surface area contributed by atoms with Crippen LogP contribution >= 0.6 is 0 Å². The van der Waals surface area contributed by atoms with E-state index in [2.05, 4.69) is 16.0 Å². The second kappa shape index (κ2) is 36.1. The Morgan fingerprint density at radius 3 is 1.39 bits per heavy atom. The molecule has 45 heteroatoms. The van der Waals surface area contributed by atoms with Crippen molar-refractivity contribution in [1.82, 2.24) is 16.0 Å². The largest absolute Gasteiger partial charge is 0.477 e. The summed E-state index contributed by atoms with van der Waals surface area (Å²) in [6.45, 7) is -7.18. The fraction of sp³-hybridized carbons (Fsp3) is 0.907. The highest BCUT2D eigenvalue weighted by Crippen LogP contribution is 2.42. The zero-order valence-corrected chi connectivity index (χ0v) is 52.8. The molecule has 0 aromatic rings. The van der Waals surface area contributed by atoms with Gasteiger partial charge in [-0.1, -0.05) is 0 Å². The lowest BCUT2D eigenvalue weighted by Crippen LogP contribution is -2.73. The molecule has 6 saturated heterocycles. The lowest BCUT2D eigenvalue weighted by molar-refractivity contribution is -0.396. The summed E-state index contributed by atoms with van der Waals surface area (Å²) in [6, 6.07) is -5.95. The van der Waals surface area contributed by atoms with Crippen molar-refractivity contribution in [1.29, 1.82) is 0 Å². The molecule has 0 aliphatic carbocycles. The summed E-state index contributed by atoms with van der Waals surface area (Å²) in [5.74, 6) is -13.8. The maximum absolute atomic E-state index is 13.6. The molecule has 36 atom stereocenters. The van der Waals surface area contributed by atoms with Gasteiger partial charge < -0.3 is 200 Å². The van der Waals surface area contributed by atoms with E-state index in [0.717, 1.165) is 20.8 Å². The zero-order chi connectivity index (χ0) is 74.2. The molecule has 574 valence electrons. The van der Waals surface area contributed by atoms with E-state index in [0.29, 0.717) is 0 Å². The number of aliphatic hydroxyl groups excluding tert-OH is 23. The monoisotopic (exact) mass is 1450 g/mol. The number of hydrogen-bond acceptors (Lipinski definition) is 40. The molecule has 99 heavy (non-hydrogen) atoms. The third kappa shape index (κ3) is 18.9. The maximum Gasteiger partial charge on any atom is 0.364 e. The van der Waals surface area contributed by atoms with Gasteiger partial charge in [0.25, 0.3) is 11.6 Å². The number of amides is 3. The van der Waals surface area contributed by atoms with Crippen LogP contribution in [0.5, 0.6) is 0 Å². The second-order valence-electron chi connectivity index (χ2n) is 24.4. The predicted molar refractivity (Wildman–Crippen MR) is 303 cm³/mol. The molecule has 0 bridgehead atoms. The first kappa shape index (κ1) is 83.9. The van der Waals surface area contributed by atoms with Crippen LogP contribution in [-0.4, -0.2) is 430 Å². The van der Waals surface area contributed by atoms with E-state index >= 15 is 0 Å². The van der Waals surface area contributed by atoms with Gasteiger partial charge in [0.2, 0.25) is 17.7 Å². The van der Waals surface area contributed by atoms with Gasteiger partial charge in [0.05, 0.1) is 71.1 Å². The van der Waals surface area contributed by atoms with Gasteiger partial charge in [0.15, 0.2) is 25.2 Å². The number of carboxylic acids is 2. The van der Waals surface area contributed by atoms with Crippen LogP contribution < -0.4 is 16.0 Å². The summed E-state index contributed by atoms with van der Waals surface area (Å²) in [5.41, 5.74) is 0. The number of ether oxygens (including phenoxy) is 12. The molecule has 0 aromatic heterocycles. The molecular formula is C54H91N3O42. The Labute approximate surface area is 559 Å². The fourth-order valence-corrected chi connectivity index (χ4v) is 12.0. The van der Waals surface area contributed by atoms with Gasteiger partial charge in [-0.05, 0) is 0 Å². The van der Waals surface area contributed by atoms with Gasteiger partial charge in [0.1, 0.15) is 165 Å². The van der Waals surface area contributed by atoms with Gasteiger partial charge in [-0.25, -0.2) is 9.59 Å². The fourth-order valence-electron chi connectivity index (χ4n) is 12.0. The van der Waals surface area contributed by atoms with E-state index in [1.165, 1.54) is 0 Å². The Morgan fingerprint density at radius 1 is 0.455 bits per heavy atom. The topological polar surface area (TPSA) is 738 Å². The summed E-state index contributed by atoms with van der Waals surface area (Å²) >= 11 is 0. The summed E-state index contributed by atoms with van der Waals surface area (Å²) in [6.07, 6.45) is -72.2. The normalized spacial score (nSPS) is 42.3. The molecule has 3 amide bonds. The van der Waals surface area contributed by atoms with Crippen LogP contribution in [0.2, 0.25) is 0 Å². The molecule has 0 saturated carbocycles. The Bertz CT molecular complexity index is 2590. The molecular weight excluding hydrogens is 1360 g/mol. The number of carbonyl (C=O) groups is 5. The minimum Gasteiger partial charge on any atom is -0.477 e. The molecule has 0 radical (unpaired) electrons. The molecule has 6 aliphatic heterocycles. The Kier molecular flexibility index (Phi) is 30.6. The Morgan fingerprint density at radius 2 is 0.899 bits per heavy atom. The summed E-state index contributed by atoms with van der Waals surface area (Å²) in [4.78, 5) is 64.4. The second-order valence-corrected chi connectivity index (χ2v) is 24.4. The van der Waals surface area contributed by atoms with E-state index in [9.17, 15) is 152 Å². The van der Waals surface area contributed by atoms with Crippen LogP contribution in [0, 0.1) is 0 Å². The predicted octanol–water partition coefficient (Wildman–Crippen LogP) is -17.8. The van der Waals surface area contributed by atoms with Gasteiger partial charge in [-0.2, -0.15) is 0 Å². The molecule has 0 unspecified atom stereocenters. The first-order valence-electron chi connectivity index (χ1n) is 30.8. The smallest absolute Gasteiger partial charge is 0.364 e. The molecule has 28 N–H and O–H groups in total. The number of aliphatic carboxylic acids is 2. The van der Waals surface area contributed by atoms with Crippen molar-refractivity contribution < 1.29 is 208 Å². The number of nitrogens with one attached hydrogen (secondary N) is 3. The van der Waals surface area contributed by atoms with E-state index in [4.69, 9.17) is 56.8 Å². The van der Waals surface area contributed by atoms with E-state index in [1.807, 2.05) is 0 Å². The lowest BCUT2D eigenvalue weighted by atomic mass is 9.89. The van der Waals surface area contributed by atoms with Gasteiger partial charge in [0, 0.05) is 33.6 Å². The minimum absolute atomic E-state index is 0.833. The molecule has 0 aromatic carbocycles. The van der Waals surface area contributed by atoms with Crippen molar-refractivity contribution in [2.75, 3.05) is 52.9 Å².